The van der Waals surface area contributed by atoms with E-state index in [0.29, 0.717) is 11.3 Å². The molecule has 4 rings (SSSR count). The molecule has 3 N–H and O–H groups in total. The van der Waals surface area contributed by atoms with Crippen LogP contribution in [0.15, 0.2) is 11.6 Å². The van der Waals surface area contributed by atoms with Crippen molar-refractivity contribution in [1.29, 1.82) is 0 Å². The molecule has 0 spiro atoms. The van der Waals surface area contributed by atoms with Gasteiger partial charge in [-0.3, -0.25) is 0 Å². The SMILES string of the molecule is C[C@H](CCCC(C)(C)O)[C@H]1CC[C@H]2[C@@H]3CC=C4[C@H](O)[C@@H](O)CC[C@]4(C)[C@H]3CC[C@]12C. The second kappa shape index (κ2) is 7.89. The van der Waals surface area contributed by atoms with Crippen molar-refractivity contribution in [3.8, 4) is 0 Å². The molecule has 0 aromatic carbocycles. The Morgan fingerprint density at radius 2 is 1.80 bits per heavy atom. The summed E-state index contributed by atoms with van der Waals surface area (Å²) in [6.07, 6.45) is 12.6. The van der Waals surface area contributed by atoms with E-state index in [1.165, 1.54) is 32.1 Å². The van der Waals surface area contributed by atoms with Gasteiger partial charge in [-0.25, -0.2) is 0 Å². The van der Waals surface area contributed by atoms with Crippen molar-refractivity contribution >= 4 is 0 Å². The van der Waals surface area contributed by atoms with E-state index in [9.17, 15) is 15.3 Å². The Bertz CT molecular complexity index is 664. The smallest absolute Gasteiger partial charge is 0.101 e. The van der Waals surface area contributed by atoms with E-state index in [2.05, 4.69) is 26.8 Å². The van der Waals surface area contributed by atoms with Crippen LogP contribution in [0.3, 0.4) is 0 Å². The minimum Gasteiger partial charge on any atom is -0.390 e. The highest BCUT2D eigenvalue weighted by molar-refractivity contribution is 5.29. The summed E-state index contributed by atoms with van der Waals surface area (Å²) in [5.41, 5.74) is 1.14. The van der Waals surface area contributed by atoms with Crippen LogP contribution in [-0.2, 0) is 0 Å². The zero-order valence-electron chi connectivity index (χ0n) is 20.0. The molecule has 3 fully saturated rings. The Hall–Kier alpha value is -0.380. The predicted molar refractivity (Wildman–Crippen MR) is 122 cm³/mol. The van der Waals surface area contributed by atoms with Gasteiger partial charge in [-0.15, -0.1) is 0 Å². The number of fused-ring (bicyclic) bond motifs is 5. The van der Waals surface area contributed by atoms with Gasteiger partial charge in [0.25, 0.3) is 0 Å². The number of aliphatic hydroxyl groups is 3. The molecule has 0 heterocycles. The molecule has 3 saturated carbocycles. The molecule has 0 amide bonds. The van der Waals surface area contributed by atoms with Crippen LogP contribution in [0.5, 0.6) is 0 Å². The summed E-state index contributed by atoms with van der Waals surface area (Å²) in [6, 6.07) is 0. The lowest BCUT2D eigenvalue weighted by molar-refractivity contribution is -0.0802. The Morgan fingerprint density at radius 1 is 1.07 bits per heavy atom. The maximum atomic E-state index is 10.7. The van der Waals surface area contributed by atoms with Gasteiger partial charge in [0.2, 0.25) is 0 Å². The summed E-state index contributed by atoms with van der Waals surface area (Å²) in [5.74, 6) is 3.75. The highest BCUT2D eigenvalue weighted by Gasteiger charge is 2.60. The number of hydrogen-bond acceptors (Lipinski definition) is 3. The first-order valence-electron chi connectivity index (χ1n) is 12.8. The summed E-state index contributed by atoms with van der Waals surface area (Å²) >= 11 is 0. The van der Waals surface area contributed by atoms with Gasteiger partial charge in [0.05, 0.1) is 11.7 Å². The average Bonchev–Trinajstić information content (AvgIpc) is 3.01. The van der Waals surface area contributed by atoms with Gasteiger partial charge in [0, 0.05) is 0 Å². The minimum atomic E-state index is -0.648. The molecule has 0 aliphatic heterocycles. The van der Waals surface area contributed by atoms with Crippen molar-refractivity contribution in [2.24, 2.45) is 40.4 Å². The second-order valence-electron chi connectivity index (χ2n) is 12.7. The standard InChI is InChI=1S/C27H46O3/c1-17(7-6-14-25(2,3)30)19-10-11-20-18-8-9-22-24(29)23(28)13-16-27(22,5)21(18)12-15-26(19,20)4/h9,17-21,23-24,28-30H,6-8,10-16H2,1-5H3/t17-,18+,19-,20+,21+,23+,24+,26-,27-/m1/s1. The normalized spacial score (nSPS) is 47.1. The topological polar surface area (TPSA) is 60.7 Å². The largest absolute Gasteiger partial charge is 0.390 e. The summed E-state index contributed by atoms with van der Waals surface area (Å²) in [7, 11) is 0. The number of rotatable bonds is 5. The van der Waals surface area contributed by atoms with Crippen LogP contribution in [0.1, 0.15) is 98.8 Å². The fourth-order valence-electron chi connectivity index (χ4n) is 8.75. The van der Waals surface area contributed by atoms with E-state index in [1.807, 2.05) is 13.8 Å². The Balaban J connectivity index is 1.49. The van der Waals surface area contributed by atoms with E-state index in [-0.39, 0.29) is 5.41 Å². The van der Waals surface area contributed by atoms with Crippen LogP contribution in [0.25, 0.3) is 0 Å². The Labute approximate surface area is 184 Å². The molecule has 30 heavy (non-hydrogen) atoms. The summed E-state index contributed by atoms with van der Waals surface area (Å²) in [4.78, 5) is 0. The molecule has 4 aliphatic carbocycles. The average molecular weight is 419 g/mol. The molecule has 0 radical (unpaired) electrons. The molecule has 3 nitrogen and oxygen atoms in total. The Morgan fingerprint density at radius 3 is 2.50 bits per heavy atom. The van der Waals surface area contributed by atoms with Crippen LogP contribution in [0.4, 0.5) is 0 Å². The lowest BCUT2D eigenvalue weighted by Gasteiger charge is -2.59. The number of hydrogen-bond donors (Lipinski definition) is 3. The first kappa shape index (κ1) is 22.8. The lowest BCUT2D eigenvalue weighted by atomic mass is 9.46. The summed E-state index contributed by atoms with van der Waals surface area (Å²) in [5, 5.41) is 31.0. The molecule has 0 saturated heterocycles. The first-order valence-corrected chi connectivity index (χ1v) is 12.8. The molecule has 3 heteroatoms. The van der Waals surface area contributed by atoms with Crippen LogP contribution < -0.4 is 0 Å². The molecule has 4 aliphatic rings. The van der Waals surface area contributed by atoms with Crippen LogP contribution in [0.2, 0.25) is 0 Å². The van der Waals surface area contributed by atoms with Crippen molar-refractivity contribution in [3.05, 3.63) is 11.6 Å². The monoisotopic (exact) mass is 418 g/mol. The maximum Gasteiger partial charge on any atom is 0.101 e. The van der Waals surface area contributed by atoms with Crippen molar-refractivity contribution in [2.75, 3.05) is 0 Å². The highest BCUT2D eigenvalue weighted by Crippen LogP contribution is 2.67. The number of allylic oxidation sites excluding steroid dienone is 1. The van der Waals surface area contributed by atoms with E-state index in [0.717, 1.165) is 61.3 Å². The lowest BCUT2D eigenvalue weighted by Crippen LogP contribution is -2.53. The first-order chi connectivity index (χ1) is 14.0. The van der Waals surface area contributed by atoms with Gasteiger partial charge in [-0.2, -0.15) is 0 Å². The summed E-state index contributed by atoms with van der Waals surface area (Å²) in [6.45, 7) is 11.3. The van der Waals surface area contributed by atoms with Gasteiger partial charge in [-0.05, 0) is 111 Å². The van der Waals surface area contributed by atoms with E-state index in [1.54, 1.807) is 0 Å². The fraction of sp³-hybridized carbons (Fsp3) is 0.926. The van der Waals surface area contributed by atoms with Crippen molar-refractivity contribution in [3.63, 3.8) is 0 Å². The third-order valence-corrected chi connectivity index (χ3v) is 10.4. The van der Waals surface area contributed by atoms with Crippen molar-refractivity contribution in [1.82, 2.24) is 0 Å². The minimum absolute atomic E-state index is 0.0826. The third-order valence-electron chi connectivity index (χ3n) is 10.4. The van der Waals surface area contributed by atoms with Crippen molar-refractivity contribution in [2.45, 2.75) is 117 Å². The zero-order chi connectivity index (χ0) is 21.9. The van der Waals surface area contributed by atoms with Crippen LogP contribution in [0, 0.1) is 40.4 Å². The summed E-state index contributed by atoms with van der Waals surface area (Å²) < 4.78 is 0. The molecule has 9 atom stereocenters. The van der Waals surface area contributed by atoms with Gasteiger partial charge >= 0.3 is 0 Å². The Kier molecular flexibility index (Phi) is 5.99. The van der Waals surface area contributed by atoms with Gasteiger partial charge in [0.15, 0.2) is 0 Å². The molecular weight excluding hydrogens is 372 g/mol. The van der Waals surface area contributed by atoms with Gasteiger partial charge in [0.1, 0.15) is 6.10 Å². The number of aliphatic hydroxyl groups excluding tert-OH is 2. The van der Waals surface area contributed by atoms with E-state index < -0.39 is 17.8 Å². The maximum absolute atomic E-state index is 10.7. The molecule has 0 aromatic rings. The molecule has 0 unspecified atom stereocenters. The third kappa shape index (κ3) is 3.71. The predicted octanol–water partition coefficient (Wildman–Crippen LogP) is 5.47. The molecule has 172 valence electrons. The molecule has 0 aromatic heterocycles. The molecule has 0 bridgehead atoms. The fourth-order valence-corrected chi connectivity index (χ4v) is 8.75. The quantitative estimate of drug-likeness (QED) is 0.519. The zero-order valence-corrected chi connectivity index (χ0v) is 20.0. The van der Waals surface area contributed by atoms with E-state index in [4.69, 9.17) is 0 Å². The van der Waals surface area contributed by atoms with Gasteiger partial charge < -0.3 is 15.3 Å². The molecular formula is C27H46O3. The van der Waals surface area contributed by atoms with Crippen molar-refractivity contribution < 1.29 is 15.3 Å². The highest BCUT2D eigenvalue weighted by atomic mass is 16.3. The van der Waals surface area contributed by atoms with E-state index >= 15 is 0 Å². The van der Waals surface area contributed by atoms with Crippen LogP contribution in [-0.4, -0.2) is 33.1 Å². The second-order valence-corrected chi connectivity index (χ2v) is 12.7. The van der Waals surface area contributed by atoms with Crippen LogP contribution >= 0.6 is 0 Å². The van der Waals surface area contributed by atoms with Gasteiger partial charge in [-0.1, -0.05) is 39.7 Å².